The van der Waals surface area contributed by atoms with Gasteiger partial charge in [-0.1, -0.05) is 23.7 Å². The first-order valence-electron chi connectivity index (χ1n) is 5.51. The molecular weight excluding hydrogens is 412 g/mol. The first kappa shape index (κ1) is 19.2. The van der Waals surface area contributed by atoms with Crippen LogP contribution in [0.3, 0.4) is 0 Å². The van der Waals surface area contributed by atoms with Crippen LogP contribution in [0.15, 0.2) is 48.8 Å². The van der Waals surface area contributed by atoms with Gasteiger partial charge in [-0.25, -0.2) is 4.79 Å². The lowest BCUT2D eigenvalue weighted by molar-refractivity contribution is -0.688. The standard InChI is InChI=1S/C14H13ClNO2.ClH.HI/c1-18-14(17)12-3-2-8-16(10-12)9-11-4-6-13(15)7-5-11;;/h2-8,10H,9H2,1H3;2*1H/q+1;;/p-2. The average molecular weight is 425 g/mol. The van der Waals surface area contributed by atoms with E-state index in [1.54, 1.807) is 12.3 Å². The third-order valence-corrected chi connectivity index (χ3v) is 2.81. The van der Waals surface area contributed by atoms with Crippen LogP contribution in [-0.2, 0) is 11.3 Å². The van der Waals surface area contributed by atoms with Crippen LogP contribution in [0, 0.1) is 0 Å². The molecule has 108 valence electrons. The van der Waals surface area contributed by atoms with Gasteiger partial charge >= 0.3 is 5.97 Å². The van der Waals surface area contributed by atoms with Gasteiger partial charge in [0, 0.05) is 16.7 Å². The summed E-state index contributed by atoms with van der Waals surface area (Å²) in [5, 5.41) is 0.715. The molecule has 1 aromatic carbocycles. The molecule has 2 rings (SSSR count). The third kappa shape index (κ3) is 5.26. The molecule has 0 N–H and O–H groups in total. The minimum absolute atomic E-state index is 0. The van der Waals surface area contributed by atoms with Crippen molar-refractivity contribution < 1.29 is 50.5 Å². The van der Waals surface area contributed by atoms with E-state index < -0.39 is 0 Å². The molecule has 0 amide bonds. The van der Waals surface area contributed by atoms with Crippen LogP contribution in [0.5, 0.6) is 0 Å². The van der Waals surface area contributed by atoms with Crippen molar-refractivity contribution in [3.63, 3.8) is 0 Å². The molecule has 6 heteroatoms. The molecule has 0 spiro atoms. The van der Waals surface area contributed by atoms with Gasteiger partial charge in [0.15, 0.2) is 18.9 Å². The molecule has 0 saturated carbocycles. The van der Waals surface area contributed by atoms with Gasteiger partial charge in [0.05, 0.1) is 7.11 Å². The van der Waals surface area contributed by atoms with Crippen LogP contribution < -0.4 is 41.0 Å². The van der Waals surface area contributed by atoms with E-state index in [0.29, 0.717) is 17.1 Å². The van der Waals surface area contributed by atoms with Crippen molar-refractivity contribution in [2.24, 2.45) is 0 Å². The van der Waals surface area contributed by atoms with Crippen molar-refractivity contribution in [3.8, 4) is 0 Å². The number of ether oxygens (including phenoxy) is 1. The number of methoxy groups -OCH3 is 1. The maximum Gasteiger partial charge on any atom is 0.343 e. The van der Waals surface area contributed by atoms with E-state index in [-0.39, 0.29) is 42.4 Å². The second-order valence-corrected chi connectivity index (χ2v) is 4.32. The first-order valence-corrected chi connectivity index (χ1v) is 5.89. The summed E-state index contributed by atoms with van der Waals surface area (Å²) in [6.07, 6.45) is 3.67. The lowest BCUT2D eigenvalue weighted by atomic mass is 10.2. The largest absolute Gasteiger partial charge is 1.00 e. The normalized spacial score (nSPS) is 9.10. The molecule has 0 aliphatic heterocycles. The molecular formula is C14H13Cl2INO2-. The highest BCUT2D eigenvalue weighted by Gasteiger charge is 2.10. The maximum atomic E-state index is 11.4. The Hall–Kier alpha value is -0.850. The number of carbonyl (C=O) groups excluding carboxylic acids is 1. The third-order valence-electron chi connectivity index (χ3n) is 2.56. The molecule has 0 radical (unpaired) electrons. The highest BCUT2D eigenvalue weighted by Crippen LogP contribution is 2.09. The second-order valence-electron chi connectivity index (χ2n) is 3.88. The molecule has 0 aliphatic rings. The number of hydrogen-bond acceptors (Lipinski definition) is 2. The van der Waals surface area contributed by atoms with Gasteiger partial charge in [-0.3, -0.25) is 0 Å². The Balaban J connectivity index is 0.00000180. The Morgan fingerprint density at radius 3 is 2.50 bits per heavy atom. The van der Waals surface area contributed by atoms with E-state index in [1.165, 1.54) is 7.11 Å². The monoisotopic (exact) mass is 424 g/mol. The van der Waals surface area contributed by atoms with Crippen LogP contribution in [0.1, 0.15) is 15.9 Å². The number of hydrogen-bond donors (Lipinski definition) is 0. The lowest BCUT2D eigenvalue weighted by Crippen LogP contribution is -3.00. The zero-order valence-electron chi connectivity index (χ0n) is 10.7. The Bertz CT molecular complexity index is 561. The molecule has 0 unspecified atom stereocenters. The summed E-state index contributed by atoms with van der Waals surface area (Å²) in [6, 6.07) is 11.2. The van der Waals surface area contributed by atoms with Crippen molar-refractivity contribution in [1.29, 1.82) is 0 Å². The Morgan fingerprint density at radius 2 is 1.90 bits per heavy atom. The van der Waals surface area contributed by atoms with Crippen LogP contribution in [0.25, 0.3) is 0 Å². The Morgan fingerprint density at radius 1 is 1.25 bits per heavy atom. The van der Waals surface area contributed by atoms with Crippen LogP contribution in [-0.4, -0.2) is 13.1 Å². The number of esters is 1. The van der Waals surface area contributed by atoms with Crippen molar-refractivity contribution >= 4 is 17.6 Å². The topological polar surface area (TPSA) is 30.2 Å². The second kappa shape index (κ2) is 9.15. The minimum atomic E-state index is -0.333. The number of rotatable bonds is 3. The zero-order chi connectivity index (χ0) is 13.0. The summed E-state index contributed by atoms with van der Waals surface area (Å²) in [6.45, 7) is 0.683. The predicted octanol–water partition coefficient (Wildman–Crippen LogP) is -3.53. The molecule has 0 aliphatic carbocycles. The highest BCUT2D eigenvalue weighted by molar-refractivity contribution is 6.30. The number of nitrogens with zero attached hydrogens (tertiary/aromatic N) is 1. The number of aromatic nitrogens is 1. The van der Waals surface area contributed by atoms with Crippen molar-refractivity contribution in [1.82, 2.24) is 0 Å². The summed E-state index contributed by atoms with van der Waals surface area (Å²) < 4.78 is 6.61. The first-order chi connectivity index (χ1) is 8.69. The molecule has 0 saturated heterocycles. The van der Waals surface area contributed by atoms with Crippen LogP contribution >= 0.6 is 11.6 Å². The highest BCUT2D eigenvalue weighted by atomic mass is 127. The summed E-state index contributed by atoms with van der Waals surface area (Å²) in [7, 11) is 1.37. The van der Waals surface area contributed by atoms with Crippen LogP contribution in [0.2, 0.25) is 5.02 Å². The average Bonchev–Trinajstić information content (AvgIpc) is 2.41. The van der Waals surface area contributed by atoms with Crippen molar-refractivity contribution in [2.45, 2.75) is 6.54 Å². The Labute approximate surface area is 146 Å². The molecule has 1 aromatic heterocycles. The van der Waals surface area contributed by atoms with E-state index in [0.717, 1.165) is 5.56 Å². The molecule has 2 aromatic rings. The van der Waals surface area contributed by atoms with E-state index >= 15 is 0 Å². The quantitative estimate of drug-likeness (QED) is 0.290. The molecule has 3 nitrogen and oxygen atoms in total. The predicted molar refractivity (Wildman–Crippen MR) is 68.5 cm³/mol. The van der Waals surface area contributed by atoms with E-state index in [9.17, 15) is 4.79 Å². The van der Waals surface area contributed by atoms with Gasteiger partial charge < -0.3 is 41.1 Å². The SMILES string of the molecule is COC(=O)c1ccc[n+](Cc2ccc(Cl)cc2)c1.[Cl-].[I-]. The fourth-order valence-corrected chi connectivity index (χ4v) is 1.79. The van der Waals surface area contributed by atoms with Crippen molar-refractivity contribution in [2.75, 3.05) is 7.11 Å². The molecule has 1 heterocycles. The Kier molecular flexibility index (Phi) is 8.76. The summed E-state index contributed by atoms with van der Waals surface area (Å²) in [5.74, 6) is -0.333. The van der Waals surface area contributed by atoms with Gasteiger partial charge in [0.1, 0.15) is 5.56 Å². The van der Waals surface area contributed by atoms with Crippen molar-refractivity contribution in [3.05, 3.63) is 64.9 Å². The van der Waals surface area contributed by atoms with Gasteiger partial charge in [-0.2, -0.15) is 4.57 Å². The zero-order valence-corrected chi connectivity index (χ0v) is 14.4. The molecule has 0 fully saturated rings. The number of benzene rings is 1. The summed E-state index contributed by atoms with van der Waals surface area (Å²) >= 11 is 5.83. The molecule has 20 heavy (non-hydrogen) atoms. The summed E-state index contributed by atoms with van der Waals surface area (Å²) in [5.41, 5.74) is 1.65. The van der Waals surface area contributed by atoms with Crippen LogP contribution in [0.4, 0.5) is 0 Å². The lowest BCUT2D eigenvalue weighted by Gasteiger charge is -2.00. The summed E-state index contributed by atoms with van der Waals surface area (Å²) in [4.78, 5) is 11.4. The maximum absolute atomic E-state index is 11.4. The fourth-order valence-electron chi connectivity index (χ4n) is 1.66. The smallest absolute Gasteiger partial charge is 0.343 e. The van der Waals surface area contributed by atoms with Gasteiger partial charge in [0.25, 0.3) is 0 Å². The minimum Gasteiger partial charge on any atom is -1.00 e. The van der Waals surface area contributed by atoms with Gasteiger partial charge in [-0.15, -0.1) is 0 Å². The van der Waals surface area contributed by atoms with E-state index in [2.05, 4.69) is 4.74 Å². The van der Waals surface area contributed by atoms with E-state index in [4.69, 9.17) is 11.6 Å². The molecule has 0 atom stereocenters. The number of halogens is 3. The van der Waals surface area contributed by atoms with Gasteiger partial charge in [-0.05, 0) is 18.2 Å². The molecule has 0 bridgehead atoms. The fraction of sp³-hybridized carbons (Fsp3) is 0.143. The van der Waals surface area contributed by atoms with Gasteiger partial charge in [0.2, 0.25) is 0 Å². The number of carbonyl (C=O) groups is 1. The van der Waals surface area contributed by atoms with E-state index in [1.807, 2.05) is 41.1 Å². The number of pyridine rings is 1.